The lowest BCUT2D eigenvalue weighted by atomic mass is 9.99. The van der Waals surface area contributed by atoms with E-state index in [9.17, 15) is 25.2 Å². The summed E-state index contributed by atoms with van der Waals surface area (Å²) < 4.78 is 0. The molecule has 294 valence electrons. The molecule has 0 saturated carbocycles. The van der Waals surface area contributed by atoms with E-state index in [2.05, 4.69) is 19.2 Å². The van der Waals surface area contributed by atoms with Crippen LogP contribution in [-0.4, -0.2) is 57.3 Å². The van der Waals surface area contributed by atoms with Crippen molar-refractivity contribution >= 4 is 5.91 Å². The summed E-state index contributed by atoms with van der Waals surface area (Å²) in [7, 11) is 0. The van der Waals surface area contributed by atoms with Crippen molar-refractivity contribution in [2.75, 3.05) is 6.61 Å². The number of amides is 1. The Hall–Kier alpha value is -0.690. The highest BCUT2D eigenvalue weighted by molar-refractivity contribution is 5.80. The standard InChI is InChI=1S/C43H87NO5/c1-3-5-7-9-11-13-15-17-18-19-20-21-22-23-24-25-27-29-31-33-35-37-41(47)43(49)44-39(38-45)42(48)40(46)36-34-32-30-28-26-16-14-12-10-8-6-4-2/h39-42,45-48H,3-38H2,1-2H3,(H,44,49)/t39-,40-,41+,42-/m0/s1. The Kier molecular flexibility index (Phi) is 38.0. The average molecular weight is 698 g/mol. The molecule has 6 nitrogen and oxygen atoms in total. The van der Waals surface area contributed by atoms with Crippen molar-refractivity contribution < 1.29 is 25.2 Å². The van der Waals surface area contributed by atoms with Gasteiger partial charge >= 0.3 is 0 Å². The third-order valence-corrected chi connectivity index (χ3v) is 10.6. The molecule has 0 spiro atoms. The van der Waals surface area contributed by atoms with Gasteiger partial charge in [-0.15, -0.1) is 0 Å². The van der Waals surface area contributed by atoms with Crippen LogP contribution >= 0.6 is 0 Å². The van der Waals surface area contributed by atoms with Crippen LogP contribution in [0.5, 0.6) is 0 Å². The molecule has 6 heteroatoms. The van der Waals surface area contributed by atoms with Gasteiger partial charge in [0.05, 0.1) is 18.8 Å². The number of rotatable bonds is 40. The van der Waals surface area contributed by atoms with Gasteiger partial charge < -0.3 is 25.7 Å². The maximum atomic E-state index is 12.5. The predicted octanol–water partition coefficient (Wildman–Crippen LogP) is 11.2. The zero-order valence-electron chi connectivity index (χ0n) is 33.0. The molecule has 0 unspecified atom stereocenters. The first-order chi connectivity index (χ1) is 24.0. The van der Waals surface area contributed by atoms with E-state index in [0.717, 1.165) is 38.5 Å². The van der Waals surface area contributed by atoms with E-state index in [0.29, 0.717) is 12.8 Å². The van der Waals surface area contributed by atoms with Crippen LogP contribution in [0.2, 0.25) is 0 Å². The van der Waals surface area contributed by atoms with Gasteiger partial charge in [0.15, 0.2) is 0 Å². The first kappa shape index (κ1) is 48.3. The molecule has 0 aromatic rings. The van der Waals surface area contributed by atoms with Crippen molar-refractivity contribution in [3.05, 3.63) is 0 Å². The van der Waals surface area contributed by atoms with Crippen molar-refractivity contribution in [2.45, 2.75) is 263 Å². The van der Waals surface area contributed by atoms with Gasteiger partial charge in [0.1, 0.15) is 12.2 Å². The van der Waals surface area contributed by atoms with Crippen molar-refractivity contribution in [3.8, 4) is 0 Å². The molecule has 0 rings (SSSR count). The molecular weight excluding hydrogens is 610 g/mol. The van der Waals surface area contributed by atoms with Gasteiger partial charge in [-0.25, -0.2) is 0 Å². The van der Waals surface area contributed by atoms with E-state index in [1.54, 1.807) is 0 Å². The van der Waals surface area contributed by atoms with Crippen molar-refractivity contribution in [2.24, 2.45) is 0 Å². The van der Waals surface area contributed by atoms with Crippen LogP contribution in [0.25, 0.3) is 0 Å². The molecule has 0 fully saturated rings. The number of aliphatic hydroxyl groups excluding tert-OH is 4. The van der Waals surface area contributed by atoms with Crippen molar-refractivity contribution in [3.63, 3.8) is 0 Å². The van der Waals surface area contributed by atoms with Crippen LogP contribution in [0.15, 0.2) is 0 Å². The Labute approximate surface area is 305 Å². The van der Waals surface area contributed by atoms with E-state index >= 15 is 0 Å². The van der Waals surface area contributed by atoms with Crippen LogP contribution < -0.4 is 5.32 Å². The molecule has 0 radical (unpaired) electrons. The van der Waals surface area contributed by atoms with E-state index < -0.39 is 36.9 Å². The number of carbonyl (C=O) groups excluding carboxylic acids is 1. The monoisotopic (exact) mass is 698 g/mol. The Bertz CT molecular complexity index is 662. The highest BCUT2D eigenvalue weighted by Gasteiger charge is 2.28. The zero-order chi connectivity index (χ0) is 36.0. The summed E-state index contributed by atoms with van der Waals surface area (Å²) in [6.45, 7) is 4.05. The number of nitrogens with one attached hydrogen (secondary N) is 1. The maximum absolute atomic E-state index is 12.5. The van der Waals surface area contributed by atoms with Crippen molar-refractivity contribution in [1.29, 1.82) is 0 Å². The first-order valence-corrected chi connectivity index (χ1v) is 21.9. The van der Waals surface area contributed by atoms with Gasteiger partial charge in [0.25, 0.3) is 0 Å². The summed E-state index contributed by atoms with van der Waals surface area (Å²) in [4.78, 5) is 12.5. The Morgan fingerprint density at radius 1 is 0.429 bits per heavy atom. The van der Waals surface area contributed by atoms with E-state index in [1.807, 2.05) is 0 Å². The van der Waals surface area contributed by atoms with E-state index in [-0.39, 0.29) is 0 Å². The van der Waals surface area contributed by atoms with E-state index in [1.165, 1.54) is 173 Å². The summed E-state index contributed by atoms with van der Waals surface area (Å²) in [5.41, 5.74) is 0. The Morgan fingerprint density at radius 2 is 0.694 bits per heavy atom. The van der Waals surface area contributed by atoms with Crippen LogP contribution in [0, 0.1) is 0 Å². The fourth-order valence-corrected chi connectivity index (χ4v) is 7.05. The normalized spacial score (nSPS) is 14.2. The lowest BCUT2D eigenvalue weighted by Crippen LogP contribution is -2.53. The molecule has 1 amide bonds. The van der Waals surface area contributed by atoms with Crippen molar-refractivity contribution in [1.82, 2.24) is 5.32 Å². The van der Waals surface area contributed by atoms with Gasteiger partial charge in [-0.2, -0.15) is 0 Å². The van der Waals surface area contributed by atoms with Crippen LogP contribution in [-0.2, 0) is 4.79 Å². The second-order valence-electron chi connectivity index (χ2n) is 15.4. The topological polar surface area (TPSA) is 110 Å². The number of hydrogen-bond acceptors (Lipinski definition) is 5. The Balaban J connectivity index is 3.66. The molecule has 0 saturated heterocycles. The van der Waals surface area contributed by atoms with Crippen LogP contribution in [0.4, 0.5) is 0 Å². The maximum Gasteiger partial charge on any atom is 0.249 e. The molecular formula is C43H87NO5. The average Bonchev–Trinajstić information content (AvgIpc) is 3.11. The smallest absolute Gasteiger partial charge is 0.249 e. The molecule has 0 aromatic carbocycles. The summed E-state index contributed by atoms with van der Waals surface area (Å²) in [5, 5.41) is 43.6. The van der Waals surface area contributed by atoms with Crippen LogP contribution in [0.1, 0.15) is 239 Å². The lowest BCUT2D eigenvalue weighted by molar-refractivity contribution is -0.132. The third-order valence-electron chi connectivity index (χ3n) is 10.6. The highest BCUT2D eigenvalue weighted by atomic mass is 16.3. The lowest BCUT2D eigenvalue weighted by Gasteiger charge is -2.27. The molecule has 0 bridgehead atoms. The minimum Gasteiger partial charge on any atom is -0.394 e. The fourth-order valence-electron chi connectivity index (χ4n) is 7.05. The minimum atomic E-state index is -1.25. The molecule has 0 aromatic heterocycles. The Morgan fingerprint density at radius 3 is 0.980 bits per heavy atom. The SMILES string of the molecule is CCCCCCCCCCCCCCCCCCCCCCC[C@@H](O)C(=O)N[C@@H](CO)[C@H](O)[C@@H](O)CCCCCCCCCCCCCC. The predicted molar refractivity (Wildman–Crippen MR) is 210 cm³/mol. The van der Waals surface area contributed by atoms with Gasteiger partial charge in [-0.05, 0) is 12.8 Å². The summed E-state index contributed by atoms with van der Waals surface area (Å²) in [5.74, 6) is -0.580. The zero-order valence-corrected chi connectivity index (χ0v) is 33.0. The number of unbranched alkanes of at least 4 members (excludes halogenated alkanes) is 31. The number of hydrogen-bond donors (Lipinski definition) is 5. The van der Waals surface area contributed by atoms with Gasteiger partial charge in [0, 0.05) is 0 Å². The molecule has 0 aliphatic rings. The van der Waals surface area contributed by atoms with Gasteiger partial charge in [-0.3, -0.25) is 4.79 Å². The van der Waals surface area contributed by atoms with Gasteiger partial charge in [0.2, 0.25) is 5.91 Å². The molecule has 0 aliphatic heterocycles. The molecule has 5 N–H and O–H groups in total. The molecule has 49 heavy (non-hydrogen) atoms. The summed E-state index contributed by atoms with van der Waals surface area (Å²) in [6, 6.07) is -0.978. The molecule has 0 aliphatic carbocycles. The number of carbonyl (C=O) groups is 1. The summed E-state index contributed by atoms with van der Waals surface area (Å²) >= 11 is 0. The molecule has 0 heterocycles. The summed E-state index contributed by atoms with van der Waals surface area (Å²) in [6.07, 6.45) is 39.9. The minimum absolute atomic E-state index is 0.376. The quantitative estimate of drug-likeness (QED) is 0.0409. The second kappa shape index (κ2) is 38.5. The third kappa shape index (κ3) is 32.9. The second-order valence-corrected chi connectivity index (χ2v) is 15.4. The molecule has 4 atom stereocenters. The first-order valence-electron chi connectivity index (χ1n) is 21.9. The largest absolute Gasteiger partial charge is 0.394 e. The fraction of sp³-hybridized carbons (Fsp3) is 0.977. The number of aliphatic hydroxyl groups is 4. The highest BCUT2D eigenvalue weighted by Crippen LogP contribution is 2.17. The van der Waals surface area contributed by atoms with Crippen LogP contribution in [0.3, 0.4) is 0 Å². The van der Waals surface area contributed by atoms with Gasteiger partial charge in [-0.1, -0.05) is 226 Å². The van der Waals surface area contributed by atoms with E-state index in [4.69, 9.17) is 0 Å².